The van der Waals surface area contributed by atoms with Crippen molar-refractivity contribution in [1.29, 1.82) is 0 Å². The zero-order valence-electron chi connectivity index (χ0n) is 11.1. The minimum absolute atomic E-state index is 0.0553. The van der Waals surface area contributed by atoms with Crippen LogP contribution in [0.15, 0.2) is 0 Å². The highest BCUT2D eigenvalue weighted by atomic mass is 16.5. The highest BCUT2D eigenvalue weighted by Crippen LogP contribution is 2.16. The summed E-state index contributed by atoms with van der Waals surface area (Å²) in [6.45, 7) is 12.5. The van der Waals surface area contributed by atoms with E-state index in [1.807, 2.05) is 0 Å². The predicted octanol–water partition coefficient (Wildman–Crippen LogP) is 2.30. The Balaban J connectivity index is 2.02. The van der Waals surface area contributed by atoms with Crippen molar-refractivity contribution in [3.8, 4) is 0 Å². The summed E-state index contributed by atoms with van der Waals surface area (Å²) in [5, 5.41) is 0. The molecule has 1 saturated heterocycles. The molecule has 0 aromatic rings. The highest BCUT2D eigenvalue weighted by Gasteiger charge is 2.16. The lowest BCUT2D eigenvalue weighted by molar-refractivity contribution is -0.0308. The molecule has 0 bridgehead atoms. The van der Waals surface area contributed by atoms with Gasteiger partial charge in [0.2, 0.25) is 0 Å². The first-order valence-electron chi connectivity index (χ1n) is 6.58. The van der Waals surface area contributed by atoms with Crippen molar-refractivity contribution in [3.63, 3.8) is 0 Å². The molecule has 16 heavy (non-hydrogen) atoms. The monoisotopic (exact) mass is 229 g/mol. The molecule has 1 rings (SSSR count). The molecule has 3 heteroatoms. The molecule has 0 unspecified atom stereocenters. The van der Waals surface area contributed by atoms with Gasteiger partial charge in [-0.05, 0) is 26.7 Å². The topological polar surface area (TPSA) is 21.7 Å². The molecule has 3 nitrogen and oxygen atoms in total. The molecule has 0 radical (unpaired) electrons. The van der Waals surface area contributed by atoms with Gasteiger partial charge in [0.15, 0.2) is 0 Å². The minimum atomic E-state index is 0.0553. The molecule has 96 valence electrons. The van der Waals surface area contributed by atoms with E-state index in [0.29, 0.717) is 0 Å². The van der Waals surface area contributed by atoms with Crippen LogP contribution in [0.1, 0.15) is 40.0 Å². The Bertz CT molecular complexity index is 177. The summed E-state index contributed by atoms with van der Waals surface area (Å²) in [6, 6.07) is 0. The molecule has 0 aromatic heterocycles. The van der Waals surface area contributed by atoms with Gasteiger partial charge in [-0.3, -0.25) is 4.90 Å². The molecular weight excluding hydrogens is 202 g/mol. The van der Waals surface area contributed by atoms with E-state index >= 15 is 0 Å². The molecule has 0 aromatic carbocycles. The predicted molar refractivity (Wildman–Crippen MR) is 66.8 cm³/mol. The van der Waals surface area contributed by atoms with Crippen LogP contribution in [0.25, 0.3) is 0 Å². The lowest BCUT2D eigenvalue weighted by Gasteiger charge is -2.28. The van der Waals surface area contributed by atoms with Crippen molar-refractivity contribution in [2.45, 2.75) is 45.6 Å². The second kappa shape index (κ2) is 7.25. The molecule has 0 aliphatic carbocycles. The second-order valence-electron chi connectivity index (χ2n) is 5.17. The Kier molecular flexibility index (Phi) is 6.32. The van der Waals surface area contributed by atoms with E-state index in [4.69, 9.17) is 9.47 Å². The third kappa shape index (κ3) is 5.83. The summed E-state index contributed by atoms with van der Waals surface area (Å²) in [5.41, 5.74) is 0.0553. The number of ether oxygens (including phenoxy) is 2. The lowest BCUT2D eigenvalue weighted by atomic mass is 10.0. The van der Waals surface area contributed by atoms with Crippen molar-refractivity contribution in [1.82, 2.24) is 4.90 Å². The SMILES string of the molecule is CCCC(C)(C)OCCCN1CCOCC1. The minimum Gasteiger partial charge on any atom is -0.379 e. The maximum atomic E-state index is 5.90. The molecule has 0 saturated carbocycles. The summed E-state index contributed by atoms with van der Waals surface area (Å²) in [4.78, 5) is 2.46. The van der Waals surface area contributed by atoms with Crippen molar-refractivity contribution in [2.24, 2.45) is 0 Å². The lowest BCUT2D eigenvalue weighted by Crippen LogP contribution is -2.37. The number of morpholine rings is 1. The van der Waals surface area contributed by atoms with Crippen LogP contribution in [0, 0.1) is 0 Å². The summed E-state index contributed by atoms with van der Waals surface area (Å²) >= 11 is 0. The van der Waals surface area contributed by atoms with Gasteiger partial charge in [-0.2, -0.15) is 0 Å². The summed E-state index contributed by atoms with van der Waals surface area (Å²) < 4.78 is 11.2. The van der Waals surface area contributed by atoms with E-state index in [9.17, 15) is 0 Å². The zero-order valence-corrected chi connectivity index (χ0v) is 11.1. The van der Waals surface area contributed by atoms with Gasteiger partial charge in [0.05, 0.1) is 18.8 Å². The Morgan fingerprint density at radius 2 is 1.94 bits per heavy atom. The largest absolute Gasteiger partial charge is 0.379 e. The average Bonchev–Trinajstić information content (AvgIpc) is 2.26. The van der Waals surface area contributed by atoms with Crippen LogP contribution in [0.2, 0.25) is 0 Å². The van der Waals surface area contributed by atoms with Gasteiger partial charge in [0.25, 0.3) is 0 Å². The van der Waals surface area contributed by atoms with Gasteiger partial charge < -0.3 is 9.47 Å². The van der Waals surface area contributed by atoms with Crippen LogP contribution in [-0.4, -0.2) is 50.0 Å². The Labute approximate surface area is 100 Å². The summed E-state index contributed by atoms with van der Waals surface area (Å²) in [6.07, 6.45) is 3.47. The average molecular weight is 229 g/mol. The van der Waals surface area contributed by atoms with Crippen LogP contribution in [-0.2, 0) is 9.47 Å². The summed E-state index contributed by atoms with van der Waals surface area (Å²) in [5.74, 6) is 0. The fraction of sp³-hybridized carbons (Fsp3) is 1.00. The Morgan fingerprint density at radius 3 is 2.56 bits per heavy atom. The van der Waals surface area contributed by atoms with Gasteiger partial charge in [0.1, 0.15) is 0 Å². The van der Waals surface area contributed by atoms with Crippen molar-refractivity contribution < 1.29 is 9.47 Å². The number of nitrogens with zero attached hydrogens (tertiary/aromatic N) is 1. The fourth-order valence-electron chi connectivity index (χ4n) is 2.14. The maximum absolute atomic E-state index is 5.90. The summed E-state index contributed by atoms with van der Waals surface area (Å²) in [7, 11) is 0. The van der Waals surface area contributed by atoms with Crippen molar-refractivity contribution >= 4 is 0 Å². The normalized spacial score (nSPS) is 18.9. The maximum Gasteiger partial charge on any atom is 0.0626 e. The first-order chi connectivity index (χ1) is 7.64. The van der Waals surface area contributed by atoms with E-state index in [1.165, 1.54) is 6.42 Å². The zero-order chi connectivity index (χ0) is 11.9. The quantitative estimate of drug-likeness (QED) is 0.625. The number of rotatable bonds is 7. The van der Waals surface area contributed by atoms with Gasteiger partial charge in [-0.25, -0.2) is 0 Å². The van der Waals surface area contributed by atoms with E-state index in [-0.39, 0.29) is 5.60 Å². The molecule has 1 heterocycles. The molecule has 1 aliphatic rings. The standard InChI is InChI=1S/C13H27NO2/c1-4-6-13(2,3)16-10-5-7-14-8-11-15-12-9-14/h4-12H2,1-3H3. The molecule has 0 atom stereocenters. The second-order valence-corrected chi connectivity index (χ2v) is 5.17. The van der Waals surface area contributed by atoms with E-state index in [1.54, 1.807) is 0 Å². The van der Waals surface area contributed by atoms with Crippen LogP contribution in [0.5, 0.6) is 0 Å². The van der Waals surface area contributed by atoms with Gasteiger partial charge in [0, 0.05) is 26.2 Å². The van der Waals surface area contributed by atoms with Gasteiger partial charge >= 0.3 is 0 Å². The van der Waals surface area contributed by atoms with Crippen molar-refractivity contribution in [3.05, 3.63) is 0 Å². The smallest absolute Gasteiger partial charge is 0.0626 e. The molecule has 0 spiro atoms. The molecule has 0 amide bonds. The van der Waals surface area contributed by atoms with Crippen LogP contribution >= 0.6 is 0 Å². The number of hydrogen-bond donors (Lipinski definition) is 0. The van der Waals surface area contributed by atoms with Gasteiger partial charge in [-0.1, -0.05) is 13.3 Å². The van der Waals surface area contributed by atoms with Crippen LogP contribution in [0.4, 0.5) is 0 Å². The van der Waals surface area contributed by atoms with Crippen LogP contribution < -0.4 is 0 Å². The van der Waals surface area contributed by atoms with Crippen molar-refractivity contribution in [2.75, 3.05) is 39.5 Å². The third-order valence-electron chi connectivity index (χ3n) is 3.07. The molecule has 1 aliphatic heterocycles. The molecular formula is C13H27NO2. The van der Waals surface area contributed by atoms with Crippen LogP contribution in [0.3, 0.4) is 0 Å². The Hall–Kier alpha value is -0.120. The Morgan fingerprint density at radius 1 is 1.25 bits per heavy atom. The van der Waals surface area contributed by atoms with E-state index < -0.39 is 0 Å². The van der Waals surface area contributed by atoms with E-state index in [2.05, 4.69) is 25.7 Å². The molecule has 0 N–H and O–H groups in total. The van der Waals surface area contributed by atoms with E-state index in [0.717, 1.165) is 52.3 Å². The molecule has 1 fully saturated rings. The number of hydrogen-bond acceptors (Lipinski definition) is 3. The highest BCUT2D eigenvalue weighted by molar-refractivity contribution is 4.68. The van der Waals surface area contributed by atoms with Gasteiger partial charge in [-0.15, -0.1) is 0 Å². The third-order valence-corrected chi connectivity index (χ3v) is 3.07. The fourth-order valence-corrected chi connectivity index (χ4v) is 2.14. The first kappa shape index (κ1) is 13.9. The first-order valence-corrected chi connectivity index (χ1v) is 6.58.